The van der Waals surface area contributed by atoms with Gasteiger partial charge < -0.3 is 9.47 Å². The van der Waals surface area contributed by atoms with E-state index in [2.05, 4.69) is 6.92 Å². The molecule has 0 N–H and O–H groups in total. The molecule has 7 heteroatoms. The van der Waals surface area contributed by atoms with Crippen molar-refractivity contribution in [3.63, 3.8) is 0 Å². The molecule has 0 aliphatic heterocycles. The lowest BCUT2D eigenvalue weighted by atomic mass is 10.2. The van der Waals surface area contributed by atoms with E-state index >= 15 is 0 Å². The molecular weight excluding hydrogens is 451 g/mol. The standard InChI is InChI=1S/C27H27FN2O3S/c1-2-3-17-30(23-9-5-4-6-10-23)27(31)19-29-18-26(24-11-7-8-12-25(24)29)34(32,33)20-21-13-15-22(28)16-14-21/h4-16,18H,2-3,17,19-20H2,1H3. The zero-order chi connectivity index (χ0) is 24.1. The Bertz CT molecular complexity index is 1380. The van der Waals surface area contributed by atoms with Crippen molar-refractivity contribution in [1.82, 2.24) is 4.57 Å². The summed E-state index contributed by atoms with van der Waals surface area (Å²) in [7, 11) is -3.72. The van der Waals surface area contributed by atoms with Crippen molar-refractivity contribution >= 4 is 32.3 Å². The minimum atomic E-state index is -3.72. The molecule has 1 heterocycles. The van der Waals surface area contributed by atoms with Crippen LogP contribution in [0.5, 0.6) is 0 Å². The molecule has 0 radical (unpaired) electrons. The molecule has 1 aromatic heterocycles. The van der Waals surface area contributed by atoms with Crippen molar-refractivity contribution in [1.29, 1.82) is 0 Å². The van der Waals surface area contributed by atoms with Gasteiger partial charge in [0.1, 0.15) is 12.4 Å². The maximum absolute atomic E-state index is 13.4. The molecule has 0 saturated carbocycles. The summed E-state index contributed by atoms with van der Waals surface area (Å²) in [5.41, 5.74) is 2.00. The second kappa shape index (κ2) is 10.2. The molecule has 0 unspecified atom stereocenters. The number of amides is 1. The van der Waals surface area contributed by atoms with E-state index in [-0.39, 0.29) is 23.1 Å². The Balaban J connectivity index is 1.67. The average molecular weight is 479 g/mol. The molecule has 4 rings (SSSR count). The summed E-state index contributed by atoms with van der Waals surface area (Å²) in [5.74, 6) is -0.771. The molecule has 4 aromatic rings. The minimum Gasteiger partial charge on any atom is -0.337 e. The first kappa shape index (κ1) is 23.7. The van der Waals surface area contributed by atoms with E-state index in [4.69, 9.17) is 0 Å². The number of sulfone groups is 1. The van der Waals surface area contributed by atoms with Crippen molar-refractivity contribution < 1.29 is 17.6 Å². The van der Waals surface area contributed by atoms with Gasteiger partial charge in [-0.25, -0.2) is 12.8 Å². The summed E-state index contributed by atoms with van der Waals surface area (Å²) in [6.45, 7) is 2.69. The topological polar surface area (TPSA) is 59.4 Å². The van der Waals surface area contributed by atoms with Crippen molar-refractivity contribution in [2.75, 3.05) is 11.4 Å². The van der Waals surface area contributed by atoms with Crippen LogP contribution >= 0.6 is 0 Å². The van der Waals surface area contributed by atoms with Crippen LogP contribution in [0.1, 0.15) is 25.3 Å². The number of benzene rings is 3. The first-order valence-electron chi connectivity index (χ1n) is 11.3. The van der Waals surface area contributed by atoms with Crippen LogP contribution in [0, 0.1) is 5.82 Å². The summed E-state index contributed by atoms with van der Waals surface area (Å²) in [6, 6.07) is 22.1. The number of unbranched alkanes of at least 4 members (excludes halogenated alkanes) is 1. The second-order valence-electron chi connectivity index (χ2n) is 8.26. The van der Waals surface area contributed by atoms with Crippen LogP contribution in [0.4, 0.5) is 10.1 Å². The molecule has 0 atom stereocenters. The van der Waals surface area contributed by atoms with Gasteiger partial charge >= 0.3 is 0 Å². The predicted molar refractivity (Wildman–Crippen MR) is 133 cm³/mol. The van der Waals surface area contributed by atoms with E-state index in [1.54, 1.807) is 27.8 Å². The van der Waals surface area contributed by atoms with Gasteiger partial charge in [-0.1, -0.05) is 61.9 Å². The second-order valence-corrected chi connectivity index (χ2v) is 10.2. The summed E-state index contributed by atoms with van der Waals surface area (Å²) in [4.78, 5) is 15.3. The van der Waals surface area contributed by atoms with Gasteiger partial charge in [-0.15, -0.1) is 0 Å². The number of anilines is 1. The van der Waals surface area contributed by atoms with Gasteiger partial charge in [-0.3, -0.25) is 4.79 Å². The number of nitrogens with zero attached hydrogens (tertiary/aromatic N) is 2. The predicted octanol–water partition coefficient (Wildman–Crippen LogP) is 5.59. The Morgan fingerprint density at radius 2 is 1.62 bits per heavy atom. The number of para-hydroxylation sites is 2. The lowest BCUT2D eigenvalue weighted by Gasteiger charge is -2.23. The highest BCUT2D eigenvalue weighted by atomic mass is 32.2. The fourth-order valence-corrected chi connectivity index (χ4v) is 5.60. The van der Waals surface area contributed by atoms with Crippen LogP contribution < -0.4 is 4.90 Å². The summed E-state index contributed by atoms with van der Waals surface area (Å²) >= 11 is 0. The molecule has 34 heavy (non-hydrogen) atoms. The molecule has 3 aromatic carbocycles. The quantitative estimate of drug-likeness (QED) is 0.315. The summed E-state index contributed by atoms with van der Waals surface area (Å²) in [6.07, 6.45) is 3.36. The highest BCUT2D eigenvalue weighted by molar-refractivity contribution is 7.90. The highest BCUT2D eigenvalue weighted by Gasteiger charge is 2.24. The zero-order valence-electron chi connectivity index (χ0n) is 19.0. The number of carbonyl (C=O) groups excluding carboxylic acids is 1. The number of hydrogen-bond donors (Lipinski definition) is 0. The summed E-state index contributed by atoms with van der Waals surface area (Å²) in [5, 5.41) is 0.567. The molecule has 0 fully saturated rings. The average Bonchev–Trinajstić information content (AvgIpc) is 3.21. The van der Waals surface area contributed by atoms with Gasteiger partial charge in [0.25, 0.3) is 0 Å². The number of aromatic nitrogens is 1. The Morgan fingerprint density at radius 1 is 0.941 bits per heavy atom. The van der Waals surface area contributed by atoms with Crippen molar-refractivity contribution in [3.8, 4) is 0 Å². The molecule has 1 amide bonds. The maximum Gasteiger partial charge on any atom is 0.246 e. The number of halogens is 1. The van der Waals surface area contributed by atoms with Gasteiger partial charge in [0, 0.05) is 29.3 Å². The third kappa shape index (κ3) is 5.20. The van der Waals surface area contributed by atoms with Gasteiger partial charge in [-0.05, 0) is 42.3 Å². The number of hydrogen-bond acceptors (Lipinski definition) is 3. The lowest BCUT2D eigenvalue weighted by Crippen LogP contribution is -2.34. The molecular formula is C27H27FN2O3S. The Kier molecular flexibility index (Phi) is 7.12. The van der Waals surface area contributed by atoms with E-state index in [9.17, 15) is 17.6 Å². The normalized spacial score (nSPS) is 11.6. The molecule has 0 bridgehead atoms. The van der Waals surface area contributed by atoms with Crippen molar-refractivity contribution in [3.05, 3.63) is 96.4 Å². The number of fused-ring (bicyclic) bond motifs is 1. The van der Waals surface area contributed by atoms with Crippen LogP contribution in [0.2, 0.25) is 0 Å². The maximum atomic E-state index is 13.4. The molecule has 0 aliphatic rings. The lowest BCUT2D eigenvalue weighted by molar-refractivity contribution is -0.119. The van der Waals surface area contributed by atoms with E-state index < -0.39 is 15.7 Å². The van der Waals surface area contributed by atoms with Crippen LogP contribution in [0.15, 0.2) is 90.0 Å². The monoisotopic (exact) mass is 478 g/mol. The smallest absolute Gasteiger partial charge is 0.246 e. The van der Waals surface area contributed by atoms with Crippen molar-refractivity contribution in [2.45, 2.75) is 37.0 Å². The van der Waals surface area contributed by atoms with E-state index in [0.29, 0.717) is 23.0 Å². The third-order valence-electron chi connectivity index (χ3n) is 5.77. The first-order valence-corrected chi connectivity index (χ1v) is 12.9. The Hall–Kier alpha value is -3.45. The fraction of sp³-hybridized carbons (Fsp3) is 0.222. The largest absolute Gasteiger partial charge is 0.337 e. The van der Waals surface area contributed by atoms with Crippen molar-refractivity contribution in [2.24, 2.45) is 0 Å². The van der Waals surface area contributed by atoms with E-state index in [0.717, 1.165) is 18.5 Å². The zero-order valence-corrected chi connectivity index (χ0v) is 19.8. The molecule has 0 spiro atoms. The SMILES string of the molecule is CCCCN(C(=O)Cn1cc(S(=O)(=O)Cc2ccc(F)cc2)c2ccccc21)c1ccccc1. The Morgan fingerprint density at radius 3 is 2.32 bits per heavy atom. The highest BCUT2D eigenvalue weighted by Crippen LogP contribution is 2.28. The minimum absolute atomic E-state index is 0.0190. The van der Waals surface area contributed by atoms with Crippen LogP contribution in [-0.4, -0.2) is 25.4 Å². The van der Waals surface area contributed by atoms with Gasteiger partial charge in [-0.2, -0.15) is 0 Å². The van der Waals surface area contributed by atoms with Crippen LogP contribution in [0.25, 0.3) is 10.9 Å². The Labute approximate surface area is 199 Å². The number of rotatable bonds is 9. The first-order chi connectivity index (χ1) is 16.4. The van der Waals surface area contributed by atoms with Crippen LogP contribution in [0.3, 0.4) is 0 Å². The third-order valence-corrected chi connectivity index (χ3v) is 7.48. The van der Waals surface area contributed by atoms with Gasteiger partial charge in [0.15, 0.2) is 9.84 Å². The van der Waals surface area contributed by atoms with E-state index in [1.165, 1.54) is 24.3 Å². The summed E-state index contributed by atoms with van der Waals surface area (Å²) < 4.78 is 41.5. The fourth-order valence-electron chi connectivity index (χ4n) is 4.02. The molecule has 5 nitrogen and oxygen atoms in total. The van der Waals surface area contributed by atoms with Crippen LogP contribution in [-0.2, 0) is 26.9 Å². The van der Waals surface area contributed by atoms with E-state index in [1.807, 2.05) is 42.5 Å². The van der Waals surface area contributed by atoms with Gasteiger partial charge in [0.05, 0.1) is 10.6 Å². The number of carbonyl (C=O) groups is 1. The molecule has 0 aliphatic carbocycles. The molecule has 176 valence electrons. The van der Waals surface area contributed by atoms with Gasteiger partial charge in [0.2, 0.25) is 5.91 Å². The molecule has 0 saturated heterocycles.